The first kappa shape index (κ1) is 21.3. The number of pyridine rings is 1. The van der Waals surface area contributed by atoms with Gasteiger partial charge < -0.3 is 14.7 Å². The fourth-order valence-electron chi connectivity index (χ4n) is 3.91. The van der Waals surface area contributed by atoms with Crippen molar-refractivity contribution in [1.82, 2.24) is 9.88 Å². The third-order valence-electron chi connectivity index (χ3n) is 5.79. The number of ketones is 1. The summed E-state index contributed by atoms with van der Waals surface area (Å²) >= 11 is 0. The summed E-state index contributed by atoms with van der Waals surface area (Å²) in [6.07, 6.45) is 1.64. The van der Waals surface area contributed by atoms with Gasteiger partial charge in [-0.05, 0) is 60.9 Å². The Morgan fingerprint density at radius 1 is 1.03 bits per heavy atom. The van der Waals surface area contributed by atoms with Gasteiger partial charge in [-0.15, -0.1) is 0 Å². The number of aliphatic hydroxyl groups is 1. The zero-order valence-corrected chi connectivity index (χ0v) is 18.2. The van der Waals surface area contributed by atoms with Crippen molar-refractivity contribution in [2.24, 2.45) is 0 Å². The number of aryl methyl sites for hydroxylation is 2. The highest BCUT2D eigenvalue weighted by molar-refractivity contribution is 6.46. The van der Waals surface area contributed by atoms with Crippen LogP contribution in [0.1, 0.15) is 34.0 Å². The van der Waals surface area contributed by atoms with Gasteiger partial charge in [-0.1, -0.05) is 30.3 Å². The first-order valence-electron chi connectivity index (χ1n) is 10.3. The molecule has 0 bridgehead atoms. The molecule has 6 heteroatoms. The van der Waals surface area contributed by atoms with Crippen LogP contribution in [0, 0.1) is 13.8 Å². The van der Waals surface area contributed by atoms with Gasteiger partial charge in [0.25, 0.3) is 11.7 Å². The minimum atomic E-state index is -0.770. The molecule has 1 aliphatic rings. The van der Waals surface area contributed by atoms with Gasteiger partial charge in [-0.25, -0.2) is 0 Å². The topological polar surface area (TPSA) is 79.7 Å². The normalized spacial score (nSPS) is 17.6. The van der Waals surface area contributed by atoms with Crippen molar-refractivity contribution in [1.29, 1.82) is 0 Å². The summed E-state index contributed by atoms with van der Waals surface area (Å²) in [5.74, 6) is -0.988. The Labute approximate surface area is 186 Å². The van der Waals surface area contributed by atoms with E-state index in [4.69, 9.17) is 4.74 Å². The van der Waals surface area contributed by atoms with Crippen LogP contribution in [0.25, 0.3) is 5.76 Å². The van der Waals surface area contributed by atoms with Crippen LogP contribution in [0.3, 0.4) is 0 Å². The highest BCUT2D eigenvalue weighted by Crippen LogP contribution is 2.41. The summed E-state index contributed by atoms with van der Waals surface area (Å²) in [4.78, 5) is 32.0. The molecule has 2 heterocycles. The third kappa shape index (κ3) is 3.87. The molecule has 1 atom stereocenters. The minimum Gasteiger partial charge on any atom is -0.507 e. The maximum absolute atomic E-state index is 13.2. The fourth-order valence-corrected chi connectivity index (χ4v) is 3.91. The number of carbonyl (C=O) groups is 2. The van der Waals surface area contributed by atoms with Crippen molar-refractivity contribution in [3.05, 3.63) is 100 Å². The number of benzene rings is 2. The highest BCUT2D eigenvalue weighted by atomic mass is 16.5. The van der Waals surface area contributed by atoms with Crippen molar-refractivity contribution in [3.63, 3.8) is 0 Å². The molecule has 4 rings (SSSR count). The van der Waals surface area contributed by atoms with E-state index in [1.807, 2.05) is 38.1 Å². The number of carbonyl (C=O) groups excluding carboxylic acids is 2. The average molecular weight is 428 g/mol. The van der Waals surface area contributed by atoms with E-state index in [0.717, 1.165) is 11.1 Å². The Hall–Kier alpha value is -3.93. The SMILES string of the molecule is COc1cccc(C2/C(=C(/O)c3ccc(C)c(C)c3)C(=O)C(=O)N2Cc2ccccn2)c1. The quantitative estimate of drug-likeness (QED) is 0.372. The first-order valence-corrected chi connectivity index (χ1v) is 10.3. The van der Waals surface area contributed by atoms with Gasteiger partial charge in [0, 0.05) is 11.8 Å². The van der Waals surface area contributed by atoms with Gasteiger partial charge in [0.05, 0.1) is 31.0 Å². The summed E-state index contributed by atoms with van der Waals surface area (Å²) < 4.78 is 5.35. The lowest BCUT2D eigenvalue weighted by atomic mass is 9.94. The molecule has 0 radical (unpaired) electrons. The number of hydrogen-bond donors (Lipinski definition) is 1. The average Bonchev–Trinajstić information content (AvgIpc) is 3.06. The standard InChI is InChI=1S/C26H24N2O4/c1-16-10-11-19(13-17(16)2)24(29)22-23(18-7-6-9-21(14-18)32-3)28(26(31)25(22)30)15-20-8-4-5-12-27-20/h4-14,23,29H,15H2,1-3H3/b24-22-. The van der Waals surface area contributed by atoms with Gasteiger partial charge in [0.1, 0.15) is 11.5 Å². The number of nitrogens with zero attached hydrogens (tertiary/aromatic N) is 2. The van der Waals surface area contributed by atoms with Gasteiger partial charge in [-0.2, -0.15) is 0 Å². The molecule has 1 fully saturated rings. The lowest BCUT2D eigenvalue weighted by Crippen LogP contribution is -2.29. The monoisotopic (exact) mass is 428 g/mol. The second-order valence-electron chi connectivity index (χ2n) is 7.82. The van der Waals surface area contributed by atoms with Crippen LogP contribution in [0.4, 0.5) is 0 Å². The molecular weight excluding hydrogens is 404 g/mol. The molecule has 1 aromatic heterocycles. The van der Waals surface area contributed by atoms with E-state index in [1.54, 1.807) is 49.7 Å². The predicted molar refractivity (Wildman–Crippen MR) is 121 cm³/mol. The predicted octanol–water partition coefficient (Wildman–Crippen LogP) is 4.33. The van der Waals surface area contributed by atoms with E-state index in [9.17, 15) is 14.7 Å². The molecule has 1 amide bonds. The summed E-state index contributed by atoms with van der Waals surface area (Å²) in [7, 11) is 1.55. The maximum Gasteiger partial charge on any atom is 0.296 e. The molecule has 1 saturated heterocycles. The van der Waals surface area contributed by atoms with Crippen LogP contribution in [0.2, 0.25) is 0 Å². The number of aromatic nitrogens is 1. The maximum atomic E-state index is 13.2. The number of rotatable bonds is 5. The van der Waals surface area contributed by atoms with E-state index in [0.29, 0.717) is 22.6 Å². The van der Waals surface area contributed by atoms with Gasteiger partial charge in [0.2, 0.25) is 0 Å². The smallest absolute Gasteiger partial charge is 0.296 e. The van der Waals surface area contributed by atoms with Crippen molar-refractivity contribution in [2.75, 3.05) is 7.11 Å². The van der Waals surface area contributed by atoms with E-state index in [-0.39, 0.29) is 17.9 Å². The minimum absolute atomic E-state index is 0.0578. The van der Waals surface area contributed by atoms with Gasteiger partial charge >= 0.3 is 0 Å². The zero-order valence-electron chi connectivity index (χ0n) is 18.2. The van der Waals surface area contributed by atoms with Crippen molar-refractivity contribution >= 4 is 17.4 Å². The van der Waals surface area contributed by atoms with Crippen LogP contribution in [-0.2, 0) is 16.1 Å². The molecule has 0 spiro atoms. The third-order valence-corrected chi connectivity index (χ3v) is 5.79. The van der Waals surface area contributed by atoms with E-state index < -0.39 is 17.7 Å². The summed E-state index contributed by atoms with van der Waals surface area (Å²) in [6, 6.07) is 17.3. The van der Waals surface area contributed by atoms with E-state index >= 15 is 0 Å². The molecular formula is C26H24N2O4. The van der Waals surface area contributed by atoms with E-state index in [2.05, 4.69) is 4.98 Å². The Morgan fingerprint density at radius 2 is 1.84 bits per heavy atom. The van der Waals surface area contributed by atoms with Crippen molar-refractivity contribution in [3.8, 4) is 5.75 Å². The Bertz CT molecular complexity index is 1220. The second kappa shape index (κ2) is 8.67. The molecule has 6 nitrogen and oxygen atoms in total. The second-order valence-corrected chi connectivity index (χ2v) is 7.82. The number of methoxy groups -OCH3 is 1. The largest absolute Gasteiger partial charge is 0.507 e. The number of Topliss-reactive ketones (excluding diaryl/α,β-unsaturated/α-hetero) is 1. The molecule has 2 aromatic carbocycles. The van der Waals surface area contributed by atoms with E-state index in [1.165, 1.54) is 4.90 Å². The molecule has 3 aromatic rings. The lowest BCUT2D eigenvalue weighted by molar-refractivity contribution is -0.140. The Balaban J connectivity index is 1.89. The number of hydrogen-bond acceptors (Lipinski definition) is 5. The molecule has 0 saturated carbocycles. The number of amides is 1. The number of aliphatic hydroxyl groups excluding tert-OH is 1. The first-order chi connectivity index (χ1) is 15.4. The lowest BCUT2D eigenvalue weighted by Gasteiger charge is -2.25. The molecule has 1 unspecified atom stereocenters. The molecule has 162 valence electrons. The van der Waals surface area contributed by atoms with Crippen LogP contribution in [-0.4, -0.2) is 33.8 Å². The summed E-state index contributed by atoms with van der Waals surface area (Å²) in [6.45, 7) is 4.05. The molecule has 0 aliphatic carbocycles. The molecule has 1 aliphatic heterocycles. The highest BCUT2D eigenvalue weighted by Gasteiger charge is 2.46. The zero-order chi connectivity index (χ0) is 22.8. The van der Waals surface area contributed by atoms with Gasteiger partial charge in [-0.3, -0.25) is 14.6 Å². The van der Waals surface area contributed by atoms with Crippen LogP contribution >= 0.6 is 0 Å². The van der Waals surface area contributed by atoms with Crippen molar-refractivity contribution in [2.45, 2.75) is 26.4 Å². The van der Waals surface area contributed by atoms with Crippen LogP contribution in [0.15, 0.2) is 72.4 Å². The van der Waals surface area contributed by atoms with Crippen molar-refractivity contribution < 1.29 is 19.4 Å². The molecule has 32 heavy (non-hydrogen) atoms. The van der Waals surface area contributed by atoms with Gasteiger partial charge in [0.15, 0.2) is 0 Å². The Kier molecular flexibility index (Phi) is 5.77. The fraction of sp³-hybridized carbons (Fsp3) is 0.192. The Morgan fingerprint density at radius 3 is 2.53 bits per heavy atom. The summed E-state index contributed by atoms with van der Waals surface area (Å²) in [5, 5.41) is 11.2. The summed E-state index contributed by atoms with van der Waals surface area (Å²) in [5.41, 5.74) is 3.92. The van der Waals surface area contributed by atoms with Crippen LogP contribution < -0.4 is 4.74 Å². The van der Waals surface area contributed by atoms with Crippen LogP contribution in [0.5, 0.6) is 5.75 Å². The number of ether oxygens (including phenoxy) is 1. The number of likely N-dealkylation sites (tertiary alicyclic amines) is 1. The molecule has 1 N–H and O–H groups in total.